The van der Waals surface area contributed by atoms with Gasteiger partial charge < -0.3 is 25.2 Å². The fraction of sp³-hybridized carbons (Fsp3) is 0.353. The molecule has 0 saturated heterocycles. The second-order valence-corrected chi connectivity index (χ2v) is 4.71. The second kappa shape index (κ2) is 11.6. The van der Waals surface area contributed by atoms with Crippen molar-refractivity contribution in [3.8, 4) is 6.07 Å². The van der Waals surface area contributed by atoms with Crippen LogP contribution in [0, 0.1) is 11.3 Å². The number of nitrogens with one attached hydrogen (secondary N) is 2. The van der Waals surface area contributed by atoms with Gasteiger partial charge in [0.1, 0.15) is 11.6 Å². The summed E-state index contributed by atoms with van der Waals surface area (Å²) in [5, 5.41) is 23.0. The van der Waals surface area contributed by atoms with Crippen molar-refractivity contribution in [2.24, 2.45) is 0 Å². The molecule has 1 rings (SSSR count). The van der Waals surface area contributed by atoms with Gasteiger partial charge in [0, 0.05) is 18.4 Å². The monoisotopic (exact) mass is 347 g/mol. The van der Waals surface area contributed by atoms with Gasteiger partial charge in [0.05, 0.1) is 32.0 Å². The number of anilines is 1. The van der Waals surface area contributed by atoms with Gasteiger partial charge in [0.25, 0.3) is 5.91 Å². The molecule has 0 fully saturated rings. The number of aliphatic hydroxyl groups excluding tert-OH is 1. The molecule has 134 valence electrons. The maximum atomic E-state index is 12.0. The zero-order valence-electron chi connectivity index (χ0n) is 13.9. The molecular formula is C17H21N3O5. The van der Waals surface area contributed by atoms with Crippen LogP contribution in [-0.4, -0.2) is 50.0 Å². The van der Waals surface area contributed by atoms with E-state index in [0.29, 0.717) is 24.4 Å². The number of carbonyl (C=O) groups is 2. The van der Waals surface area contributed by atoms with Crippen molar-refractivity contribution < 1.29 is 24.2 Å². The Morgan fingerprint density at radius 3 is 2.60 bits per heavy atom. The van der Waals surface area contributed by atoms with Crippen LogP contribution in [0.5, 0.6) is 0 Å². The van der Waals surface area contributed by atoms with Crippen LogP contribution in [-0.2, 0) is 14.3 Å². The number of rotatable bonds is 10. The molecule has 0 atom stereocenters. The molecule has 1 amide bonds. The molecule has 8 heteroatoms. The Hall–Kier alpha value is -2.89. The highest BCUT2D eigenvalue weighted by Gasteiger charge is 2.10. The predicted molar refractivity (Wildman–Crippen MR) is 90.6 cm³/mol. The van der Waals surface area contributed by atoms with Crippen molar-refractivity contribution >= 4 is 17.6 Å². The van der Waals surface area contributed by atoms with E-state index in [1.165, 1.54) is 18.3 Å². The molecule has 8 nitrogen and oxygen atoms in total. The Morgan fingerprint density at radius 1 is 1.28 bits per heavy atom. The van der Waals surface area contributed by atoms with Gasteiger partial charge in [-0.15, -0.1) is 0 Å². The topological polar surface area (TPSA) is 121 Å². The van der Waals surface area contributed by atoms with Gasteiger partial charge in [0.2, 0.25) is 0 Å². The smallest absolute Gasteiger partial charge is 0.338 e. The Balaban J connectivity index is 2.55. The Labute approximate surface area is 146 Å². The summed E-state index contributed by atoms with van der Waals surface area (Å²) in [6.45, 7) is 2.91. The van der Waals surface area contributed by atoms with E-state index >= 15 is 0 Å². The van der Waals surface area contributed by atoms with Crippen molar-refractivity contribution in [2.45, 2.75) is 6.92 Å². The highest BCUT2D eigenvalue weighted by molar-refractivity contribution is 6.06. The lowest BCUT2D eigenvalue weighted by Crippen LogP contribution is -2.19. The first-order chi connectivity index (χ1) is 12.1. The number of esters is 1. The number of benzene rings is 1. The number of aliphatic hydroxyl groups is 1. The molecule has 0 heterocycles. The van der Waals surface area contributed by atoms with Gasteiger partial charge in [-0.3, -0.25) is 4.79 Å². The summed E-state index contributed by atoms with van der Waals surface area (Å²) in [6.07, 6.45) is 1.30. The van der Waals surface area contributed by atoms with Crippen LogP contribution in [0.15, 0.2) is 36.0 Å². The van der Waals surface area contributed by atoms with E-state index in [0.717, 1.165) is 0 Å². The molecule has 25 heavy (non-hydrogen) atoms. The third-order valence-electron chi connectivity index (χ3n) is 2.89. The maximum Gasteiger partial charge on any atom is 0.338 e. The van der Waals surface area contributed by atoms with Gasteiger partial charge in [-0.2, -0.15) is 5.26 Å². The molecule has 0 aliphatic rings. The number of hydrogen-bond acceptors (Lipinski definition) is 7. The predicted octanol–water partition coefficient (Wildman–Crippen LogP) is 0.808. The van der Waals surface area contributed by atoms with Crippen LogP contribution >= 0.6 is 0 Å². The normalized spacial score (nSPS) is 10.7. The first kappa shape index (κ1) is 20.2. The van der Waals surface area contributed by atoms with Gasteiger partial charge >= 0.3 is 5.97 Å². The minimum atomic E-state index is -0.574. The summed E-state index contributed by atoms with van der Waals surface area (Å²) in [7, 11) is 0. The molecule has 0 aliphatic carbocycles. The molecule has 0 spiro atoms. The zero-order valence-corrected chi connectivity index (χ0v) is 13.9. The molecule has 0 aromatic heterocycles. The third kappa shape index (κ3) is 7.48. The van der Waals surface area contributed by atoms with E-state index in [-0.39, 0.29) is 25.4 Å². The SMILES string of the molecule is CCOC(=O)c1ccc(NC(=O)/C(C#N)=C\NCCOCCO)cc1. The number of hydrogen-bond donors (Lipinski definition) is 3. The Kier molecular flexibility index (Phi) is 9.36. The third-order valence-corrected chi connectivity index (χ3v) is 2.89. The van der Waals surface area contributed by atoms with Crippen molar-refractivity contribution in [1.29, 1.82) is 5.26 Å². The number of ether oxygens (including phenoxy) is 2. The lowest BCUT2D eigenvalue weighted by atomic mass is 10.2. The largest absolute Gasteiger partial charge is 0.462 e. The van der Waals surface area contributed by atoms with Gasteiger partial charge in [-0.25, -0.2) is 4.79 Å². The van der Waals surface area contributed by atoms with E-state index in [2.05, 4.69) is 10.6 Å². The zero-order chi connectivity index (χ0) is 18.5. The number of carbonyl (C=O) groups excluding carboxylic acids is 2. The summed E-state index contributed by atoms with van der Waals surface area (Å²) in [4.78, 5) is 23.6. The second-order valence-electron chi connectivity index (χ2n) is 4.71. The standard InChI is InChI=1S/C17H21N3O5/c1-2-25-17(23)13-3-5-15(6-4-13)20-16(22)14(11-18)12-19-7-9-24-10-8-21/h3-6,12,19,21H,2,7-10H2,1H3,(H,20,22)/b14-12-. The van der Waals surface area contributed by atoms with Gasteiger partial charge in [0.15, 0.2) is 0 Å². The minimum absolute atomic E-state index is 0.0589. The molecule has 0 bridgehead atoms. The van der Waals surface area contributed by atoms with Gasteiger partial charge in [-0.1, -0.05) is 0 Å². The van der Waals surface area contributed by atoms with E-state index in [1.807, 2.05) is 0 Å². The van der Waals surface area contributed by atoms with Crippen LogP contribution in [0.25, 0.3) is 0 Å². The number of nitriles is 1. The highest BCUT2D eigenvalue weighted by Crippen LogP contribution is 2.11. The summed E-state index contributed by atoms with van der Waals surface area (Å²) in [5.74, 6) is -1.01. The fourth-order valence-corrected chi connectivity index (χ4v) is 1.72. The quantitative estimate of drug-likeness (QED) is 0.248. The van der Waals surface area contributed by atoms with Gasteiger partial charge in [-0.05, 0) is 31.2 Å². The number of nitrogens with zero attached hydrogens (tertiary/aromatic N) is 1. The summed E-state index contributed by atoms with van der Waals surface area (Å²) >= 11 is 0. The highest BCUT2D eigenvalue weighted by atomic mass is 16.5. The van der Waals surface area contributed by atoms with Crippen molar-refractivity contribution in [3.63, 3.8) is 0 Å². The molecular weight excluding hydrogens is 326 g/mol. The van der Waals surface area contributed by atoms with Crippen molar-refractivity contribution in [1.82, 2.24) is 5.32 Å². The van der Waals surface area contributed by atoms with Crippen LogP contribution in [0.3, 0.4) is 0 Å². The van der Waals surface area contributed by atoms with Crippen molar-refractivity contribution in [2.75, 3.05) is 38.3 Å². The maximum absolute atomic E-state index is 12.0. The van der Waals surface area contributed by atoms with E-state index in [1.54, 1.807) is 25.1 Å². The molecule has 0 radical (unpaired) electrons. The summed E-state index contributed by atoms with van der Waals surface area (Å²) in [6, 6.07) is 7.96. The van der Waals surface area contributed by atoms with Crippen LogP contribution in [0.2, 0.25) is 0 Å². The Bertz CT molecular complexity index is 635. The molecule has 1 aromatic rings. The van der Waals surface area contributed by atoms with Crippen LogP contribution < -0.4 is 10.6 Å². The molecule has 1 aromatic carbocycles. The van der Waals surface area contributed by atoms with Crippen LogP contribution in [0.4, 0.5) is 5.69 Å². The molecule has 0 saturated carbocycles. The van der Waals surface area contributed by atoms with E-state index in [9.17, 15) is 9.59 Å². The number of amides is 1. The molecule has 3 N–H and O–H groups in total. The van der Waals surface area contributed by atoms with E-state index < -0.39 is 11.9 Å². The van der Waals surface area contributed by atoms with E-state index in [4.69, 9.17) is 19.8 Å². The van der Waals surface area contributed by atoms with Crippen LogP contribution in [0.1, 0.15) is 17.3 Å². The Morgan fingerprint density at radius 2 is 2.00 bits per heavy atom. The minimum Gasteiger partial charge on any atom is -0.462 e. The lowest BCUT2D eigenvalue weighted by Gasteiger charge is -2.07. The fourth-order valence-electron chi connectivity index (χ4n) is 1.72. The summed E-state index contributed by atoms with van der Waals surface area (Å²) < 4.78 is 9.91. The lowest BCUT2D eigenvalue weighted by molar-refractivity contribution is -0.112. The average molecular weight is 347 g/mol. The van der Waals surface area contributed by atoms with Crippen molar-refractivity contribution in [3.05, 3.63) is 41.6 Å². The molecule has 0 unspecified atom stereocenters. The first-order valence-corrected chi connectivity index (χ1v) is 7.73. The average Bonchev–Trinajstić information content (AvgIpc) is 2.62. The first-order valence-electron chi connectivity index (χ1n) is 7.73. The molecule has 0 aliphatic heterocycles. The summed E-state index contributed by atoms with van der Waals surface area (Å²) in [5.41, 5.74) is 0.725.